The molecule has 0 spiro atoms. The van der Waals surface area contributed by atoms with Crippen molar-refractivity contribution in [2.45, 2.75) is 49.4 Å². The van der Waals surface area contributed by atoms with Gasteiger partial charge in [-0.05, 0) is 75.2 Å². The number of aliphatic carboxylic acids is 1. The van der Waals surface area contributed by atoms with Crippen LogP contribution in [0.4, 0.5) is 18.9 Å². The van der Waals surface area contributed by atoms with Crippen LogP contribution in [0.25, 0.3) is 0 Å². The molecule has 1 saturated heterocycles. The lowest BCUT2D eigenvalue weighted by Crippen LogP contribution is -2.47. The molecule has 4 rings (SSSR count). The van der Waals surface area contributed by atoms with Crippen LogP contribution in [0.3, 0.4) is 0 Å². The van der Waals surface area contributed by atoms with E-state index in [0.717, 1.165) is 49.4 Å². The number of ether oxygens (including phenoxy) is 2. The van der Waals surface area contributed by atoms with Gasteiger partial charge in [0.15, 0.2) is 17.5 Å². The maximum atomic E-state index is 10.6. The van der Waals surface area contributed by atoms with Crippen LogP contribution in [-0.4, -0.2) is 68.0 Å². The van der Waals surface area contributed by atoms with Gasteiger partial charge in [0, 0.05) is 27.2 Å². The zero-order valence-electron chi connectivity index (χ0n) is 21.7. The Morgan fingerprint density at radius 2 is 1.74 bits per heavy atom. The number of benzene rings is 2. The number of anilines is 1. The number of hydrogen-bond donors (Lipinski definition) is 3. The first kappa shape index (κ1) is 30.6. The number of fused-ring (bicyclic) bond motifs is 1. The van der Waals surface area contributed by atoms with Gasteiger partial charge in [0.25, 0.3) is 0 Å². The summed E-state index contributed by atoms with van der Waals surface area (Å²) in [5.41, 5.74) is 8.36. The molecule has 2 aromatic rings. The van der Waals surface area contributed by atoms with Crippen LogP contribution in [0.15, 0.2) is 41.4 Å². The summed E-state index contributed by atoms with van der Waals surface area (Å²) in [6.45, 7) is 1.06. The molecular weight excluding hydrogens is 560 g/mol. The topological polar surface area (TPSA) is 109 Å². The summed E-state index contributed by atoms with van der Waals surface area (Å²) in [5.74, 6) is -0.838. The number of carboxylic acid groups (broad SMARTS) is 1. The van der Waals surface area contributed by atoms with Crippen molar-refractivity contribution in [1.82, 2.24) is 4.90 Å². The van der Waals surface area contributed by atoms with E-state index in [1.807, 2.05) is 6.07 Å². The molecule has 1 saturated carbocycles. The highest BCUT2D eigenvalue weighted by Gasteiger charge is 2.50. The van der Waals surface area contributed by atoms with Crippen molar-refractivity contribution in [3.05, 3.63) is 52.0 Å². The third-order valence-electron chi connectivity index (χ3n) is 7.16. The van der Waals surface area contributed by atoms with Gasteiger partial charge in [0.1, 0.15) is 0 Å². The van der Waals surface area contributed by atoms with Crippen molar-refractivity contribution < 1.29 is 32.5 Å². The average molecular weight is 591 g/mol. The van der Waals surface area contributed by atoms with Crippen LogP contribution < -0.4 is 20.5 Å². The predicted octanol–water partition coefficient (Wildman–Crippen LogP) is 5.57. The lowest BCUT2D eigenvalue weighted by atomic mass is 9.65. The number of methoxy groups -OCH3 is 2. The molecule has 1 aliphatic carbocycles. The van der Waals surface area contributed by atoms with Crippen molar-refractivity contribution in [1.29, 1.82) is 0 Å². The van der Waals surface area contributed by atoms with E-state index in [1.165, 1.54) is 5.56 Å². The molecule has 0 unspecified atom stereocenters. The normalized spacial score (nSPS) is 23.3. The van der Waals surface area contributed by atoms with Gasteiger partial charge in [0.2, 0.25) is 0 Å². The van der Waals surface area contributed by atoms with E-state index in [2.05, 4.69) is 29.4 Å². The summed E-state index contributed by atoms with van der Waals surface area (Å²) in [7, 11) is 5.56. The minimum absolute atomic E-state index is 0.0863. The second-order valence-electron chi connectivity index (χ2n) is 9.50. The Bertz CT molecular complexity index is 1190. The Morgan fingerprint density at radius 3 is 2.31 bits per heavy atom. The lowest BCUT2D eigenvalue weighted by molar-refractivity contribution is -0.192. The number of hydrogen-bond acceptors (Lipinski definition) is 5. The fourth-order valence-corrected chi connectivity index (χ4v) is 5.89. The molecule has 2 fully saturated rings. The first-order valence-electron chi connectivity index (χ1n) is 12.1. The molecule has 1 heterocycles. The van der Waals surface area contributed by atoms with Crippen LogP contribution in [0.2, 0.25) is 10.0 Å². The number of likely N-dealkylation sites (tertiary alicyclic amines) is 1. The van der Waals surface area contributed by atoms with Crippen LogP contribution in [0.5, 0.6) is 11.5 Å². The molecule has 2 aromatic carbocycles. The number of rotatable bonds is 5. The Labute approximate surface area is 234 Å². The maximum Gasteiger partial charge on any atom is 0.490 e. The summed E-state index contributed by atoms with van der Waals surface area (Å²) in [4.78, 5) is 16.2. The predicted molar refractivity (Wildman–Crippen MR) is 145 cm³/mol. The first-order valence-corrected chi connectivity index (χ1v) is 12.8. The zero-order chi connectivity index (χ0) is 29.0. The highest BCUT2D eigenvalue weighted by Crippen LogP contribution is 2.50. The quantitative estimate of drug-likeness (QED) is 0.309. The molecule has 4 N–H and O–H groups in total. The minimum atomic E-state index is -5.08. The lowest BCUT2D eigenvalue weighted by Gasteiger charge is -2.44. The standard InChI is InChI=1S/C24H30Cl2N4O2.C2HF3O2/c1-30-9-8-24(15-4-5-20(31-2)21(10-15)32-3)7-6-18(14-22(24)30)28-23(27)29-19-12-16(25)11-17(26)13-19;3-2(4,5)1(6)7/h4-5,10-13,18,22H,6-9,14H2,1-3H3,(H3,27,28,29);(H,6,7)/t18-,22+,24+;/m1./s1. The number of carbonyl (C=O) groups is 1. The van der Waals surface area contributed by atoms with E-state index in [9.17, 15) is 13.2 Å². The van der Waals surface area contributed by atoms with Gasteiger partial charge in [-0.15, -0.1) is 0 Å². The number of likely N-dealkylation sites (N-methyl/N-ethyl adjacent to an activating group) is 1. The van der Waals surface area contributed by atoms with E-state index in [0.29, 0.717) is 22.0 Å². The molecule has 214 valence electrons. The number of guanidine groups is 1. The first-order chi connectivity index (χ1) is 18.3. The molecule has 2 aliphatic rings. The number of aliphatic imine (C=N–C) groups is 1. The van der Waals surface area contributed by atoms with Crippen LogP contribution >= 0.6 is 23.2 Å². The molecule has 8 nitrogen and oxygen atoms in total. The van der Waals surface area contributed by atoms with Gasteiger partial charge in [-0.1, -0.05) is 29.3 Å². The van der Waals surface area contributed by atoms with Gasteiger partial charge in [0.05, 0.1) is 20.3 Å². The van der Waals surface area contributed by atoms with Gasteiger partial charge >= 0.3 is 12.1 Å². The van der Waals surface area contributed by atoms with E-state index < -0.39 is 12.1 Å². The molecule has 0 aromatic heterocycles. The molecule has 39 heavy (non-hydrogen) atoms. The molecule has 13 heteroatoms. The number of nitrogens with zero attached hydrogens (tertiary/aromatic N) is 2. The second-order valence-corrected chi connectivity index (χ2v) is 10.4. The Morgan fingerprint density at radius 1 is 1.13 bits per heavy atom. The van der Waals surface area contributed by atoms with E-state index in [-0.39, 0.29) is 11.5 Å². The Balaban J connectivity index is 0.000000532. The highest BCUT2D eigenvalue weighted by atomic mass is 35.5. The molecule has 0 amide bonds. The fraction of sp³-hybridized carbons (Fsp3) is 0.462. The third-order valence-corrected chi connectivity index (χ3v) is 7.59. The van der Waals surface area contributed by atoms with Gasteiger partial charge < -0.3 is 30.5 Å². The summed E-state index contributed by atoms with van der Waals surface area (Å²) in [5, 5.41) is 11.4. The summed E-state index contributed by atoms with van der Waals surface area (Å²) in [6.07, 6.45) is -1.00. The monoisotopic (exact) mass is 590 g/mol. The van der Waals surface area contributed by atoms with Gasteiger partial charge in [-0.2, -0.15) is 13.2 Å². The number of nitrogens with two attached hydrogens (primary N) is 1. The third kappa shape index (κ3) is 7.40. The van der Waals surface area contributed by atoms with Gasteiger partial charge in [-0.3, -0.25) is 0 Å². The van der Waals surface area contributed by atoms with E-state index >= 15 is 0 Å². The number of alkyl halides is 3. The van der Waals surface area contributed by atoms with Gasteiger partial charge in [-0.25, -0.2) is 9.79 Å². The molecular formula is C26H31Cl2F3N4O4. The van der Waals surface area contributed by atoms with E-state index in [4.69, 9.17) is 53.3 Å². The molecule has 1 aliphatic heterocycles. The molecule has 3 atom stereocenters. The van der Waals surface area contributed by atoms with Crippen LogP contribution in [-0.2, 0) is 10.2 Å². The number of halogens is 5. The maximum absolute atomic E-state index is 10.6. The summed E-state index contributed by atoms with van der Waals surface area (Å²) >= 11 is 12.2. The Hall–Kier alpha value is -2.89. The average Bonchev–Trinajstić information content (AvgIpc) is 3.19. The number of nitrogens with one attached hydrogen (secondary N) is 1. The molecule has 0 radical (unpaired) electrons. The van der Waals surface area contributed by atoms with Crippen molar-refractivity contribution in [3.63, 3.8) is 0 Å². The minimum Gasteiger partial charge on any atom is -0.493 e. The van der Waals surface area contributed by atoms with Crippen LogP contribution in [0, 0.1) is 0 Å². The fourth-order valence-electron chi connectivity index (χ4n) is 5.36. The van der Waals surface area contributed by atoms with E-state index in [1.54, 1.807) is 32.4 Å². The smallest absolute Gasteiger partial charge is 0.490 e. The summed E-state index contributed by atoms with van der Waals surface area (Å²) in [6, 6.07) is 12.1. The second kappa shape index (κ2) is 12.5. The SMILES string of the molecule is COc1ccc([C@@]23CC[C@@H](N=C(N)Nc4cc(Cl)cc(Cl)c4)C[C@@H]2N(C)CC3)cc1OC.O=C(O)C(F)(F)F. The van der Waals surface area contributed by atoms with Crippen molar-refractivity contribution in [2.75, 3.05) is 33.1 Å². The van der Waals surface area contributed by atoms with Crippen molar-refractivity contribution in [2.24, 2.45) is 10.7 Å². The van der Waals surface area contributed by atoms with Crippen LogP contribution in [0.1, 0.15) is 31.2 Å². The zero-order valence-corrected chi connectivity index (χ0v) is 23.2. The molecule has 0 bridgehead atoms. The largest absolute Gasteiger partial charge is 0.493 e. The highest BCUT2D eigenvalue weighted by molar-refractivity contribution is 6.35. The Kier molecular flexibility index (Phi) is 9.84. The summed E-state index contributed by atoms with van der Waals surface area (Å²) < 4.78 is 42.8. The number of carboxylic acids is 1. The van der Waals surface area contributed by atoms with Crippen molar-refractivity contribution >= 4 is 40.8 Å². The van der Waals surface area contributed by atoms with Crippen molar-refractivity contribution in [3.8, 4) is 11.5 Å².